The zero-order valence-electron chi connectivity index (χ0n) is 14.6. The van der Waals surface area contributed by atoms with Gasteiger partial charge in [0.25, 0.3) is 0 Å². The van der Waals surface area contributed by atoms with E-state index in [9.17, 15) is 4.79 Å². The summed E-state index contributed by atoms with van der Waals surface area (Å²) in [6.07, 6.45) is 3.48. The van der Waals surface area contributed by atoms with Crippen LogP contribution in [0.1, 0.15) is 16.8 Å². The Morgan fingerprint density at radius 1 is 0.889 bits per heavy atom. The van der Waals surface area contributed by atoms with Crippen LogP contribution in [0.5, 0.6) is 0 Å². The lowest BCUT2D eigenvalue weighted by Crippen LogP contribution is -2.30. The lowest BCUT2D eigenvalue weighted by Gasteiger charge is -2.06. The molecule has 3 aromatic rings. The minimum Gasteiger partial charge on any atom is -0.350 e. The molecule has 1 aliphatic rings. The Kier molecular flexibility index (Phi) is 6.51. The number of benzene rings is 2. The van der Waals surface area contributed by atoms with Crippen LogP contribution in [-0.2, 0) is 17.6 Å². The quantitative estimate of drug-likeness (QED) is 0.511. The molecule has 4 N–H and O–H groups in total. The highest BCUT2D eigenvalue weighted by atomic mass is 32.1. The van der Waals surface area contributed by atoms with Gasteiger partial charge in [0.1, 0.15) is 6.04 Å². The molecule has 0 radical (unpaired) electrons. The fourth-order valence-electron chi connectivity index (χ4n) is 2.73. The SMILES string of the molecule is O=C1NC(=S)NC1Cc1ccccc1.S=c1[nH]cc(Cc2ccccc2)[nH]1. The van der Waals surface area contributed by atoms with Gasteiger partial charge in [0.2, 0.25) is 5.91 Å². The van der Waals surface area contributed by atoms with E-state index in [0.29, 0.717) is 16.3 Å². The number of aromatic nitrogens is 2. The van der Waals surface area contributed by atoms with Gasteiger partial charge in [0.05, 0.1) is 0 Å². The Bertz CT molecular complexity index is 951. The Labute approximate surface area is 168 Å². The monoisotopic (exact) mass is 396 g/mol. The zero-order chi connectivity index (χ0) is 19.1. The smallest absolute Gasteiger partial charge is 0.249 e. The molecular weight excluding hydrogens is 376 g/mol. The average molecular weight is 397 g/mol. The molecule has 0 spiro atoms. The van der Waals surface area contributed by atoms with Crippen LogP contribution < -0.4 is 10.6 Å². The van der Waals surface area contributed by atoms with Crippen molar-refractivity contribution in [3.05, 3.63) is 88.5 Å². The molecule has 2 heterocycles. The van der Waals surface area contributed by atoms with Crippen LogP contribution in [-0.4, -0.2) is 27.0 Å². The van der Waals surface area contributed by atoms with Crippen molar-refractivity contribution in [3.8, 4) is 0 Å². The Hall–Kier alpha value is -2.77. The number of H-pyrrole nitrogens is 2. The Balaban J connectivity index is 0.000000156. The number of carbonyl (C=O) groups is 1. The molecule has 138 valence electrons. The van der Waals surface area contributed by atoms with Gasteiger partial charge in [-0.25, -0.2) is 0 Å². The fraction of sp³-hybridized carbons (Fsp3) is 0.150. The molecule has 7 heteroatoms. The van der Waals surface area contributed by atoms with Crippen LogP contribution in [0.15, 0.2) is 66.9 Å². The van der Waals surface area contributed by atoms with E-state index < -0.39 is 0 Å². The molecule has 4 rings (SSSR count). The van der Waals surface area contributed by atoms with E-state index in [1.165, 1.54) is 5.56 Å². The van der Waals surface area contributed by atoms with Crippen LogP contribution in [0.4, 0.5) is 0 Å². The van der Waals surface area contributed by atoms with Crippen molar-refractivity contribution in [2.75, 3.05) is 0 Å². The molecule has 27 heavy (non-hydrogen) atoms. The maximum Gasteiger partial charge on any atom is 0.249 e. The third kappa shape index (κ3) is 5.87. The largest absolute Gasteiger partial charge is 0.350 e. The van der Waals surface area contributed by atoms with Crippen LogP contribution in [0.25, 0.3) is 0 Å². The summed E-state index contributed by atoms with van der Waals surface area (Å²) >= 11 is 9.78. The van der Waals surface area contributed by atoms with Crippen molar-refractivity contribution in [2.45, 2.75) is 18.9 Å². The van der Waals surface area contributed by atoms with E-state index in [1.807, 2.05) is 54.7 Å². The predicted molar refractivity (Wildman–Crippen MR) is 113 cm³/mol. The van der Waals surface area contributed by atoms with Gasteiger partial charge in [-0.2, -0.15) is 0 Å². The summed E-state index contributed by atoms with van der Waals surface area (Å²) in [7, 11) is 0. The molecule has 1 aromatic heterocycles. The lowest BCUT2D eigenvalue weighted by atomic mass is 10.1. The lowest BCUT2D eigenvalue weighted by molar-refractivity contribution is -0.120. The van der Waals surface area contributed by atoms with E-state index in [4.69, 9.17) is 24.4 Å². The molecular formula is C20H20N4OS2. The normalized spacial score (nSPS) is 15.5. The highest BCUT2D eigenvalue weighted by Gasteiger charge is 2.26. The molecule has 1 amide bonds. The summed E-state index contributed by atoms with van der Waals surface area (Å²) in [5, 5.41) is 5.92. The van der Waals surface area contributed by atoms with Gasteiger partial charge in [-0.15, -0.1) is 0 Å². The molecule has 0 saturated carbocycles. The van der Waals surface area contributed by atoms with Gasteiger partial charge in [0, 0.05) is 24.7 Å². The summed E-state index contributed by atoms with van der Waals surface area (Å²) in [4.78, 5) is 17.4. The van der Waals surface area contributed by atoms with E-state index in [1.54, 1.807) is 0 Å². The Morgan fingerprint density at radius 3 is 2.04 bits per heavy atom. The molecule has 1 aliphatic heterocycles. The van der Waals surface area contributed by atoms with Gasteiger partial charge in [-0.05, 0) is 35.6 Å². The first-order chi connectivity index (χ1) is 13.1. The van der Waals surface area contributed by atoms with Gasteiger partial charge < -0.3 is 20.6 Å². The number of imidazole rings is 1. The summed E-state index contributed by atoms with van der Waals surface area (Å²) in [5.74, 6) is -0.0427. The summed E-state index contributed by atoms with van der Waals surface area (Å²) < 4.78 is 0.686. The summed E-state index contributed by atoms with van der Waals surface area (Å²) in [5.41, 5.74) is 3.54. The first-order valence-electron chi connectivity index (χ1n) is 8.56. The van der Waals surface area contributed by atoms with Crippen LogP contribution in [0.3, 0.4) is 0 Å². The van der Waals surface area contributed by atoms with Gasteiger partial charge in [-0.1, -0.05) is 60.7 Å². The topological polar surface area (TPSA) is 72.7 Å². The second-order valence-corrected chi connectivity index (χ2v) is 6.95. The molecule has 0 aliphatic carbocycles. The molecule has 5 nitrogen and oxygen atoms in total. The molecule has 1 fully saturated rings. The van der Waals surface area contributed by atoms with Crippen molar-refractivity contribution in [1.29, 1.82) is 0 Å². The number of hydrogen-bond donors (Lipinski definition) is 4. The van der Waals surface area contributed by atoms with Crippen molar-refractivity contribution < 1.29 is 4.79 Å². The average Bonchev–Trinajstić information content (AvgIpc) is 3.22. The van der Waals surface area contributed by atoms with Gasteiger partial charge >= 0.3 is 0 Å². The number of nitrogens with one attached hydrogen (secondary N) is 4. The number of rotatable bonds is 4. The van der Waals surface area contributed by atoms with Crippen LogP contribution in [0.2, 0.25) is 0 Å². The maximum atomic E-state index is 11.3. The van der Waals surface area contributed by atoms with Crippen molar-refractivity contribution in [1.82, 2.24) is 20.6 Å². The number of aromatic amines is 2. The Morgan fingerprint density at radius 2 is 1.52 bits per heavy atom. The molecule has 1 unspecified atom stereocenters. The molecule has 2 aromatic carbocycles. The second kappa shape index (κ2) is 9.25. The van der Waals surface area contributed by atoms with Crippen molar-refractivity contribution in [2.24, 2.45) is 0 Å². The van der Waals surface area contributed by atoms with E-state index in [-0.39, 0.29) is 11.9 Å². The van der Waals surface area contributed by atoms with Gasteiger partial charge in [0.15, 0.2) is 9.88 Å². The first kappa shape index (κ1) is 19.0. The highest BCUT2D eigenvalue weighted by molar-refractivity contribution is 7.80. The third-order valence-corrected chi connectivity index (χ3v) is 4.47. The zero-order valence-corrected chi connectivity index (χ0v) is 16.2. The summed E-state index contributed by atoms with van der Waals surface area (Å²) in [6.45, 7) is 0. The molecule has 1 atom stereocenters. The molecule has 0 bridgehead atoms. The number of amides is 1. The first-order valence-corrected chi connectivity index (χ1v) is 9.37. The molecule has 1 saturated heterocycles. The van der Waals surface area contributed by atoms with E-state index in [0.717, 1.165) is 17.7 Å². The van der Waals surface area contributed by atoms with E-state index in [2.05, 4.69) is 32.7 Å². The third-order valence-electron chi connectivity index (χ3n) is 4.03. The van der Waals surface area contributed by atoms with Crippen molar-refractivity contribution >= 4 is 35.5 Å². The highest BCUT2D eigenvalue weighted by Crippen LogP contribution is 2.06. The number of thiocarbonyl (C=S) groups is 1. The minimum atomic E-state index is -0.218. The standard InChI is InChI=1S/C10H10N2OS.C10H10N2S/c13-9-8(11-10(14)12-9)6-7-4-2-1-3-5-7;13-10-11-7-9(12-10)6-8-4-2-1-3-5-8/h1-5,8H,6H2,(H2,11,12,13,14);1-5,7H,6H2,(H2,11,12,13). The second-order valence-electron chi connectivity index (χ2n) is 6.14. The number of carbonyl (C=O) groups excluding carboxylic acids is 1. The fourth-order valence-corrected chi connectivity index (χ4v) is 3.17. The van der Waals surface area contributed by atoms with Crippen LogP contribution in [0, 0.1) is 4.77 Å². The summed E-state index contributed by atoms with van der Waals surface area (Å²) in [6, 6.07) is 19.9. The van der Waals surface area contributed by atoms with E-state index >= 15 is 0 Å². The minimum absolute atomic E-state index is 0.0427. The van der Waals surface area contributed by atoms with Crippen molar-refractivity contribution in [3.63, 3.8) is 0 Å². The van der Waals surface area contributed by atoms with Gasteiger partial charge in [-0.3, -0.25) is 4.79 Å². The maximum absolute atomic E-state index is 11.3. The predicted octanol–water partition coefficient (Wildman–Crippen LogP) is 3.27. The van der Waals surface area contributed by atoms with Crippen LogP contribution >= 0.6 is 24.4 Å². The number of hydrogen-bond acceptors (Lipinski definition) is 3.